The van der Waals surface area contributed by atoms with Gasteiger partial charge in [-0.3, -0.25) is 4.79 Å². The third-order valence-electron chi connectivity index (χ3n) is 2.90. The van der Waals surface area contributed by atoms with Gasteiger partial charge in [0.15, 0.2) is 0 Å². The van der Waals surface area contributed by atoms with Crippen LogP contribution in [0.3, 0.4) is 0 Å². The van der Waals surface area contributed by atoms with Crippen molar-refractivity contribution in [3.05, 3.63) is 29.8 Å². The van der Waals surface area contributed by atoms with Gasteiger partial charge in [-0.1, -0.05) is 18.2 Å². The van der Waals surface area contributed by atoms with Crippen molar-refractivity contribution >= 4 is 11.6 Å². The maximum Gasteiger partial charge on any atom is 0.243 e. The highest BCUT2D eigenvalue weighted by atomic mass is 16.2. The minimum absolute atomic E-state index is 0.0175. The second kappa shape index (κ2) is 4.92. The van der Waals surface area contributed by atoms with Crippen LogP contribution in [0.25, 0.3) is 0 Å². The highest BCUT2D eigenvalue weighted by Gasteiger charge is 2.26. The summed E-state index contributed by atoms with van der Waals surface area (Å²) in [5.74, 6) is 2.56. The molecular weight excluding hydrogens is 212 g/mol. The number of fused-ring (bicyclic) bond motifs is 1. The monoisotopic (exact) mass is 228 g/mol. The molecule has 1 aromatic carbocycles. The van der Waals surface area contributed by atoms with Crippen LogP contribution in [-0.2, 0) is 11.2 Å². The lowest BCUT2D eigenvalue weighted by molar-refractivity contribution is -0.122. The molecule has 3 nitrogen and oxygen atoms in total. The molecule has 0 fully saturated rings. The Morgan fingerprint density at radius 1 is 1.65 bits per heavy atom. The number of hydrogen-bond acceptors (Lipinski definition) is 2. The van der Waals surface area contributed by atoms with E-state index in [9.17, 15) is 4.79 Å². The van der Waals surface area contributed by atoms with Gasteiger partial charge in [0.25, 0.3) is 0 Å². The first-order valence-electron chi connectivity index (χ1n) is 5.79. The van der Waals surface area contributed by atoms with E-state index in [4.69, 9.17) is 6.42 Å². The van der Waals surface area contributed by atoms with Crippen molar-refractivity contribution in [2.75, 3.05) is 5.32 Å². The zero-order valence-corrected chi connectivity index (χ0v) is 9.86. The van der Waals surface area contributed by atoms with E-state index in [-0.39, 0.29) is 18.0 Å². The van der Waals surface area contributed by atoms with Gasteiger partial charge in [-0.15, -0.1) is 12.3 Å². The molecule has 0 saturated heterocycles. The fraction of sp³-hybridized carbons (Fsp3) is 0.357. The first-order valence-corrected chi connectivity index (χ1v) is 5.79. The smallest absolute Gasteiger partial charge is 0.243 e. The van der Waals surface area contributed by atoms with Gasteiger partial charge in [-0.25, -0.2) is 0 Å². The number of amides is 1. The number of rotatable bonds is 3. The van der Waals surface area contributed by atoms with Crippen LogP contribution in [-0.4, -0.2) is 18.0 Å². The Hall–Kier alpha value is -1.95. The third kappa shape index (κ3) is 2.59. The average Bonchev–Trinajstić information content (AvgIpc) is 2.72. The van der Waals surface area contributed by atoms with Crippen molar-refractivity contribution in [2.24, 2.45) is 0 Å². The van der Waals surface area contributed by atoms with Gasteiger partial charge in [-0.2, -0.15) is 0 Å². The maximum atomic E-state index is 12.0. The average molecular weight is 228 g/mol. The van der Waals surface area contributed by atoms with Crippen LogP contribution >= 0.6 is 0 Å². The van der Waals surface area contributed by atoms with Gasteiger partial charge < -0.3 is 10.6 Å². The van der Waals surface area contributed by atoms with E-state index in [0.29, 0.717) is 6.42 Å². The zero-order valence-electron chi connectivity index (χ0n) is 9.86. The standard InChI is InChI=1S/C14H16N2O/c1-3-6-10(2)15-14(17)13-9-11-7-4-5-8-12(11)16-13/h1,4-5,7-8,10,13,16H,6,9H2,2H3,(H,15,17). The lowest BCUT2D eigenvalue weighted by atomic mass is 10.1. The molecule has 0 aliphatic carbocycles. The number of para-hydroxylation sites is 1. The molecule has 1 aliphatic rings. The predicted molar refractivity (Wildman–Crippen MR) is 68.6 cm³/mol. The summed E-state index contributed by atoms with van der Waals surface area (Å²) in [6.45, 7) is 1.92. The number of terminal acetylenes is 1. The summed E-state index contributed by atoms with van der Waals surface area (Å²) in [4.78, 5) is 12.0. The summed E-state index contributed by atoms with van der Waals surface area (Å²) in [6, 6.07) is 7.84. The molecule has 1 aromatic rings. The molecule has 1 aliphatic heterocycles. The molecule has 3 heteroatoms. The molecule has 17 heavy (non-hydrogen) atoms. The summed E-state index contributed by atoms with van der Waals surface area (Å²) in [5.41, 5.74) is 2.24. The van der Waals surface area contributed by atoms with Crippen molar-refractivity contribution in [3.63, 3.8) is 0 Å². The molecule has 0 radical (unpaired) electrons. The molecular formula is C14H16N2O. The van der Waals surface area contributed by atoms with Crippen LogP contribution in [0, 0.1) is 12.3 Å². The highest BCUT2D eigenvalue weighted by molar-refractivity contribution is 5.87. The Balaban J connectivity index is 1.95. The summed E-state index contributed by atoms with van der Waals surface area (Å²) >= 11 is 0. The Labute approximate surface area is 102 Å². The molecule has 0 spiro atoms. The fourth-order valence-corrected chi connectivity index (χ4v) is 2.03. The van der Waals surface area contributed by atoms with Crippen LogP contribution in [0.2, 0.25) is 0 Å². The molecule has 2 N–H and O–H groups in total. The normalized spacial score (nSPS) is 18.7. The van der Waals surface area contributed by atoms with Gasteiger partial charge >= 0.3 is 0 Å². The number of carbonyl (C=O) groups is 1. The van der Waals surface area contributed by atoms with Gasteiger partial charge in [0, 0.05) is 24.6 Å². The zero-order chi connectivity index (χ0) is 12.3. The highest BCUT2D eigenvalue weighted by Crippen LogP contribution is 2.25. The van der Waals surface area contributed by atoms with Crippen LogP contribution in [0.5, 0.6) is 0 Å². The number of nitrogens with one attached hydrogen (secondary N) is 2. The second-order valence-corrected chi connectivity index (χ2v) is 4.38. The second-order valence-electron chi connectivity index (χ2n) is 4.38. The van der Waals surface area contributed by atoms with E-state index in [1.54, 1.807) is 0 Å². The Morgan fingerprint density at radius 3 is 3.12 bits per heavy atom. The summed E-state index contributed by atoms with van der Waals surface area (Å²) < 4.78 is 0. The minimum Gasteiger partial charge on any atom is -0.373 e. The fourth-order valence-electron chi connectivity index (χ4n) is 2.03. The van der Waals surface area contributed by atoms with Gasteiger partial charge in [0.2, 0.25) is 5.91 Å². The van der Waals surface area contributed by atoms with E-state index >= 15 is 0 Å². The van der Waals surface area contributed by atoms with Crippen LogP contribution in [0.1, 0.15) is 18.9 Å². The van der Waals surface area contributed by atoms with Crippen LogP contribution < -0.4 is 10.6 Å². The molecule has 1 amide bonds. The molecule has 2 unspecified atom stereocenters. The van der Waals surface area contributed by atoms with Crippen LogP contribution in [0.4, 0.5) is 5.69 Å². The predicted octanol–water partition coefficient (Wildman–Crippen LogP) is 1.55. The molecule has 2 rings (SSSR count). The summed E-state index contributed by atoms with van der Waals surface area (Å²) in [6.07, 6.45) is 6.51. The van der Waals surface area contributed by atoms with E-state index < -0.39 is 0 Å². The summed E-state index contributed by atoms with van der Waals surface area (Å²) in [7, 11) is 0. The van der Waals surface area contributed by atoms with Gasteiger partial charge in [0.05, 0.1) is 0 Å². The van der Waals surface area contributed by atoms with Crippen molar-refractivity contribution in [1.82, 2.24) is 5.32 Å². The Morgan fingerprint density at radius 2 is 2.41 bits per heavy atom. The molecule has 2 atom stereocenters. The first-order chi connectivity index (χ1) is 8.20. The molecule has 88 valence electrons. The Bertz CT molecular complexity index is 437. The molecule has 0 aromatic heterocycles. The number of benzene rings is 1. The van der Waals surface area contributed by atoms with Crippen LogP contribution in [0.15, 0.2) is 24.3 Å². The van der Waals surface area contributed by atoms with Crippen molar-refractivity contribution in [3.8, 4) is 12.3 Å². The maximum absolute atomic E-state index is 12.0. The number of anilines is 1. The van der Waals surface area contributed by atoms with Crippen molar-refractivity contribution < 1.29 is 4.79 Å². The molecule has 1 heterocycles. The van der Waals surface area contributed by atoms with Gasteiger partial charge in [0.1, 0.15) is 6.04 Å². The lowest BCUT2D eigenvalue weighted by Gasteiger charge is -2.15. The van der Waals surface area contributed by atoms with E-state index in [0.717, 1.165) is 12.1 Å². The quantitative estimate of drug-likeness (QED) is 0.771. The molecule has 0 saturated carbocycles. The topological polar surface area (TPSA) is 41.1 Å². The van der Waals surface area contributed by atoms with E-state index in [2.05, 4.69) is 16.6 Å². The number of hydrogen-bond donors (Lipinski definition) is 2. The van der Waals surface area contributed by atoms with Crippen molar-refractivity contribution in [1.29, 1.82) is 0 Å². The van der Waals surface area contributed by atoms with E-state index in [1.807, 2.05) is 31.2 Å². The first kappa shape index (κ1) is 11.5. The third-order valence-corrected chi connectivity index (χ3v) is 2.90. The molecule has 0 bridgehead atoms. The largest absolute Gasteiger partial charge is 0.373 e. The minimum atomic E-state index is -0.173. The number of carbonyl (C=O) groups excluding carboxylic acids is 1. The Kier molecular flexibility index (Phi) is 3.34. The summed E-state index contributed by atoms with van der Waals surface area (Å²) in [5, 5.41) is 6.13. The van der Waals surface area contributed by atoms with Crippen molar-refractivity contribution in [2.45, 2.75) is 31.8 Å². The van der Waals surface area contributed by atoms with E-state index in [1.165, 1.54) is 5.56 Å². The lowest BCUT2D eigenvalue weighted by Crippen LogP contribution is -2.42. The SMILES string of the molecule is C#CCC(C)NC(=O)C1Cc2ccccc2N1. The van der Waals surface area contributed by atoms with Gasteiger partial charge in [-0.05, 0) is 18.6 Å².